The maximum Gasteiger partial charge on any atom is 0.226 e. The van der Waals surface area contributed by atoms with Gasteiger partial charge in [-0.05, 0) is 35.4 Å². The van der Waals surface area contributed by atoms with Gasteiger partial charge in [0.15, 0.2) is 0 Å². The lowest BCUT2D eigenvalue weighted by atomic mass is 10.1. The van der Waals surface area contributed by atoms with Gasteiger partial charge < -0.3 is 14.8 Å². The zero-order valence-corrected chi connectivity index (χ0v) is 17.1. The third-order valence-corrected chi connectivity index (χ3v) is 5.06. The quantitative estimate of drug-likeness (QED) is 0.562. The first-order chi connectivity index (χ1) is 13.6. The van der Waals surface area contributed by atoms with Gasteiger partial charge in [-0.25, -0.2) is 4.98 Å². The number of carbonyl (C=O) groups is 1. The molecule has 0 aliphatic heterocycles. The van der Waals surface area contributed by atoms with Crippen LogP contribution in [0.2, 0.25) is 5.02 Å². The molecule has 3 rings (SSSR count). The van der Waals surface area contributed by atoms with Crippen molar-refractivity contribution in [1.82, 2.24) is 10.3 Å². The molecule has 0 radical (unpaired) electrons. The molecule has 2 aromatic carbocycles. The molecule has 146 valence electrons. The highest BCUT2D eigenvalue weighted by atomic mass is 35.5. The second-order valence-corrected chi connectivity index (χ2v) is 7.56. The molecule has 0 unspecified atom stereocenters. The van der Waals surface area contributed by atoms with Crippen molar-refractivity contribution in [2.75, 3.05) is 7.11 Å². The van der Waals surface area contributed by atoms with Crippen LogP contribution in [-0.2, 0) is 35.7 Å². The average molecular weight is 417 g/mol. The fourth-order valence-electron chi connectivity index (χ4n) is 2.52. The lowest BCUT2D eigenvalue weighted by Gasteiger charge is -2.06. The number of amides is 1. The minimum absolute atomic E-state index is 0.0589. The van der Waals surface area contributed by atoms with E-state index in [-0.39, 0.29) is 12.3 Å². The number of ether oxygens (including phenoxy) is 2. The predicted octanol–water partition coefficient (Wildman–Crippen LogP) is 4.38. The summed E-state index contributed by atoms with van der Waals surface area (Å²) in [6.07, 6.45) is 0.249. The van der Waals surface area contributed by atoms with Gasteiger partial charge in [-0.1, -0.05) is 35.9 Å². The lowest BCUT2D eigenvalue weighted by molar-refractivity contribution is -0.120. The number of methoxy groups -OCH3 is 1. The van der Waals surface area contributed by atoms with Crippen molar-refractivity contribution in [3.05, 3.63) is 80.8 Å². The Morgan fingerprint density at radius 1 is 1.07 bits per heavy atom. The first-order valence-electron chi connectivity index (χ1n) is 8.77. The summed E-state index contributed by atoms with van der Waals surface area (Å²) < 4.78 is 10.8. The molecule has 0 saturated heterocycles. The molecule has 28 heavy (non-hydrogen) atoms. The Balaban J connectivity index is 1.43. The maximum absolute atomic E-state index is 12.2. The number of nitrogens with zero attached hydrogens (tertiary/aromatic N) is 1. The first kappa shape index (κ1) is 20.3. The van der Waals surface area contributed by atoms with Crippen LogP contribution in [0.3, 0.4) is 0 Å². The summed E-state index contributed by atoms with van der Waals surface area (Å²) in [5.74, 6) is 0.673. The Hall–Kier alpha value is -2.41. The van der Waals surface area contributed by atoms with Crippen LogP contribution in [0.5, 0.6) is 5.75 Å². The molecule has 0 spiro atoms. The number of aromatic nitrogens is 1. The Kier molecular flexibility index (Phi) is 7.42. The Morgan fingerprint density at radius 2 is 1.79 bits per heavy atom. The summed E-state index contributed by atoms with van der Waals surface area (Å²) in [6, 6.07) is 15.2. The second-order valence-electron chi connectivity index (χ2n) is 6.18. The van der Waals surface area contributed by atoms with E-state index in [2.05, 4.69) is 10.3 Å². The molecule has 1 aromatic heterocycles. The van der Waals surface area contributed by atoms with Gasteiger partial charge in [-0.3, -0.25) is 4.79 Å². The largest absolute Gasteiger partial charge is 0.486 e. The first-order valence-corrected chi connectivity index (χ1v) is 10.0. The van der Waals surface area contributed by atoms with E-state index in [4.69, 9.17) is 21.1 Å². The van der Waals surface area contributed by atoms with Crippen molar-refractivity contribution >= 4 is 28.8 Å². The summed E-state index contributed by atoms with van der Waals surface area (Å²) in [4.78, 5) is 16.6. The maximum atomic E-state index is 12.2. The summed E-state index contributed by atoms with van der Waals surface area (Å²) in [7, 11) is 1.67. The molecule has 1 amide bonds. The van der Waals surface area contributed by atoms with Gasteiger partial charge in [-0.15, -0.1) is 11.3 Å². The molecule has 1 N–H and O–H groups in total. The van der Waals surface area contributed by atoms with Crippen molar-refractivity contribution in [2.45, 2.75) is 26.2 Å². The zero-order valence-electron chi connectivity index (χ0n) is 15.5. The monoisotopic (exact) mass is 416 g/mol. The Labute approximate surface area is 173 Å². The van der Waals surface area contributed by atoms with E-state index >= 15 is 0 Å². The zero-order chi connectivity index (χ0) is 19.8. The molecule has 0 bridgehead atoms. The summed E-state index contributed by atoms with van der Waals surface area (Å²) in [6.45, 7) is 1.44. The van der Waals surface area contributed by atoms with Crippen molar-refractivity contribution in [3.8, 4) is 5.75 Å². The van der Waals surface area contributed by atoms with Crippen molar-refractivity contribution in [3.63, 3.8) is 0 Å². The van der Waals surface area contributed by atoms with Crippen LogP contribution in [0.4, 0.5) is 0 Å². The predicted molar refractivity (Wildman–Crippen MR) is 111 cm³/mol. The normalized spacial score (nSPS) is 10.6. The van der Waals surface area contributed by atoms with Gasteiger partial charge in [-0.2, -0.15) is 0 Å². The molecule has 0 fully saturated rings. The SMILES string of the molecule is COCc1ccc(CNC(=O)Cc2csc(COc3ccc(Cl)cc3)n2)cc1. The highest BCUT2D eigenvalue weighted by Gasteiger charge is 2.08. The van der Waals surface area contributed by atoms with E-state index in [0.717, 1.165) is 27.6 Å². The van der Waals surface area contributed by atoms with E-state index < -0.39 is 0 Å². The number of benzene rings is 2. The van der Waals surface area contributed by atoms with Crippen LogP contribution in [0.25, 0.3) is 0 Å². The van der Waals surface area contributed by atoms with Crippen molar-refractivity contribution < 1.29 is 14.3 Å². The highest BCUT2D eigenvalue weighted by Crippen LogP contribution is 2.18. The number of thiazole rings is 1. The van der Waals surface area contributed by atoms with Gasteiger partial charge in [0.25, 0.3) is 0 Å². The lowest BCUT2D eigenvalue weighted by Crippen LogP contribution is -2.24. The fourth-order valence-corrected chi connectivity index (χ4v) is 3.35. The molecule has 0 aliphatic rings. The van der Waals surface area contributed by atoms with E-state index in [1.807, 2.05) is 41.8 Å². The molecule has 5 nitrogen and oxygen atoms in total. The highest BCUT2D eigenvalue weighted by molar-refractivity contribution is 7.09. The minimum atomic E-state index is -0.0589. The number of halogens is 1. The van der Waals surface area contributed by atoms with Gasteiger partial charge in [0.2, 0.25) is 5.91 Å². The fraction of sp³-hybridized carbons (Fsp3) is 0.238. The molecule has 1 heterocycles. The smallest absolute Gasteiger partial charge is 0.226 e. The van der Waals surface area contributed by atoms with E-state index in [9.17, 15) is 4.79 Å². The molecule has 0 atom stereocenters. The third-order valence-electron chi connectivity index (χ3n) is 3.94. The summed E-state index contributed by atoms with van der Waals surface area (Å²) in [5.41, 5.74) is 2.89. The van der Waals surface area contributed by atoms with Gasteiger partial charge >= 0.3 is 0 Å². The topological polar surface area (TPSA) is 60.5 Å². The number of nitrogens with one attached hydrogen (secondary N) is 1. The van der Waals surface area contributed by atoms with Crippen LogP contribution < -0.4 is 10.1 Å². The summed E-state index contributed by atoms with van der Waals surface area (Å²) >= 11 is 7.34. The number of hydrogen-bond acceptors (Lipinski definition) is 5. The number of carbonyl (C=O) groups excluding carboxylic acids is 1. The average Bonchev–Trinajstić information content (AvgIpc) is 3.14. The van der Waals surface area contributed by atoms with E-state index in [1.54, 1.807) is 19.2 Å². The Morgan fingerprint density at radius 3 is 2.50 bits per heavy atom. The van der Waals surface area contributed by atoms with Gasteiger partial charge in [0.05, 0.1) is 18.7 Å². The standard InChI is InChI=1S/C21H21ClN2O3S/c1-26-12-16-4-2-15(3-5-16)11-23-20(25)10-18-14-28-21(24-18)13-27-19-8-6-17(22)7-9-19/h2-9,14H,10-13H2,1H3,(H,23,25). The van der Waals surface area contributed by atoms with Crippen LogP contribution in [-0.4, -0.2) is 18.0 Å². The van der Waals surface area contributed by atoms with Crippen LogP contribution in [0.1, 0.15) is 21.8 Å². The van der Waals surface area contributed by atoms with Crippen LogP contribution in [0.15, 0.2) is 53.9 Å². The molecular formula is C21H21ClN2O3S. The molecule has 0 saturated carbocycles. The molecule has 7 heteroatoms. The molecular weight excluding hydrogens is 396 g/mol. The van der Waals surface area contributed by atoms with Crippen LogP contribution in [0, 0.1) is 0 Å². The molecule has 0 aliphatic carbocycles. The van der Waals surface area contributed by atoms with Crippen molar-refractivity contribution in [1.29, 1.82) is 0 Å². The van der Waals surface area contributed by atoms with Crippen LogP contribution >= 0.6 is 22.9 Å². The minimum Gasteiger partial charge on any atom is -0.486 e. The summed E-state index contributed by atoms with van der Waals surface area (Å²) in [5, 5.41) is 6.30. The van der Waals surface area contributed by atoms with E-state index in [0.29, 0.717) is 24.8 Å². The van der Waals surface area contributed by atoms with Gasteiger partial charge in [0.1, 0.15) is 17.4 Å². The van der Waals surface area contributed by atoms with Crippen molar-refractivity contribution in [2.24, 2.45) is 0 Å². The van der Waals surface area contributed by atoms with Gasteiger partial charge in [0, 0.05) is 24.1 Å². The number of hydrogen-bond donors (Lipinski definition) is 1. The Bertz CT molecular complexity index is 895. The molecule has 3 aromatic rings. The van der Waals surface area contributed by atoms with E-state index in [1.165, 1.54) is 11.3 Å². The number of rotatable bonds is 9. The second kappa shape index (κ2) is 10.2. The third kappa shape index (κ3) is 6.34.